The Morgan fingerprint density at radius 1 is 1.19 bits per heavy atom. The van der Waals surface area contributed by atoms with E-state index in [0.29, 0.717) is 17.8 Å². The predicted molar refractivity (Wildman–Crippen MR) is 94.1 cm³/mol. The van der Waals surface area contributed by atoms with E-state index in [1.165, 1.54) is 23.0 Å². The molecule has 0 aliphatic heterocycles. The lowest BCUT2D eigenvalue weighted by Crippen LogP contribution is -2.25. The van der Waals surface area contributed by atoms with Gasteiger partial charge in [-0.05, 0) is 31.0 Å². The topological polar surface area (TPSA) is 108 Å². The van der Waals surface area contributed by atoms with Gasteiger partial charge in [-0.3, -0.25) is 19.6 Å². The summed E-state index contributed by atoms with van der Waals surface area (Å²) in [4.78, 5) is 22.4. The van der Waals surface area contributed by atoms with Crippen LogP contribution in [0.2, 0.25) is 0 Å². The summed E-state index contributed by atoms with van der Waals surface area (Å²) in [5, 5.41) is 21.9. The molecule has 2 aromatic heterocycles. The third-order valence-electron chi connectivity index (χ3n) is 3.78. The maximum absolute atomic E-state index is 12.2. The molecule has 3 aromatic rings. The fourth-order valence-electron chi connectivity index (χ4n) is 2.44. The summed E-state index contributed by atoms with van der Waals surface area (Å²) in [5.74, 6) is -0.213. The van der Waals surface area contributed by atoms with Gasteiger partial charge in [0.1, 0.15) is 0 Å². The smallest absolute Gasteiger partial charge is 0.269 e. The van der Waals surface area contributed by atoms with Crippen LogP contribution in [-0.4, -0.2) is 36.9 Å². The zero-order chi connectivity index (χ0) is 18.5. The average Bonchev–Trinajstić information content (AvgIpc) is 3.28. The van der Waals surface area contributed by atoms with E-state index in [-0.39, 0.29) is 11.6 Å². The molecule has 26 heavy (non-hydrogen) atoms. The molecule has 1 N–H and O–H groups in total. The number of carbonyl (C=O) groups is 1. The van der Waals surface area contributed by atoms with Crippen LogP contribution >= 0.6 is 0 Å². The highest BCUT2D eigenvalue weighted by Gasteiger charge is 2.10. The van der Waals surface area contributed by atoms with Gasteiger partial charge in [0.2, 0.25) is 0 Å². The molecule has 9 heteroatoms. The van der Waals surface area contributed by atoms with Crippen molar-refractivity contribution >= 4 is 11.6 Å². The van der Waals surface area contributed by atoms with Gasteiger partial charge in [0.15, 0.2) is 0 Å². The van der Waals surface area contributed by atoms with E-state index < -0.39 is 4.92 Å². The maximum atomic E-state index is 12.2. The Morgan fingerprint density at radius 2 is 1.96 bits per heavy atom. The molecule has 0 fully saturated rings. The molecule has 3 rings (SSSR count). The van der Waals surface area contributed by atoms with Gasteiger partial charge in [-0.15, -0.1) is 0 Å². The number of hydrogen-bond donors (Lipinski definition) is 1. The van der Waals surface area contributed by atoms with Crippen LogP contribution in [0, 0.1) is 17.0 Å². The van der Waals surface area contributed by atoms with Crippen LogP contribution in [0.5, 0.6) is 0 Å². The van der Waals surface area contributed by atoms with Crippen molar-refractivity contribution < 1.29 is 9.72 Å². The number of nitrogens with one attached hydrogen (secondary N) is 1. The van der Waals surface area contributed by atoms with Crippen molar-refractivity contribution in [2.24, 2.45) is 0 Å². The number of non-ortho nitro benzene ring substituents is 1. The fraction of sp³-hybridized carbons (Fsp3) is 0.235. The molecule has 0 atom stereocenters. The molecule has 2 heterocycles. The highest BCUT2D eigenvalue weighted by Crippen LogP contribution is 2.15. The standard InChI is InChI=1S/C17H18N6O3/c1-13-9-19-21(11-13)8-2-7-18-17(24)14-10-20-22(12-14)15-3-5-16(6-4-15)23(25)26/h3-6,9-12H,2,7-8H2,1H3,(H,18,24). The second-order valence-electron chi connectivity index (χ2n) is 5.84. The van der Waals surface area contributed by atoms with E-state index in [0.717, 1.165) is 18.5 Å². The SMILES string of the molecule is Cc1cnn(CCCNC(=O)c2cnn(-c3ccc([N+](=O)[O-])cc3)c2)c1. The lowest BCUT2D eigenvalue weighted by atomic mass is 10.3. The summed E-state index contributed by atoms with van der Waals surface area (Å²) in [7, 11) is 0. The van der Waals surface area contributed by atoms with Gasteiger partial charge in [0, 0.05) is 37.6 Å². The first-order chi connectivity index (χ1) is 12.5. The van der Waals surface area contributed by atoms with Crippen LogP contribution in [0.15, 0.2) is 49.1 Å². The monoisotopic (exact) mass is 354 g/mol. The molecule has 1 amide bonds. The van der Waals surface area contributed by atoms with Gasteiger partial charge in [-0.2, -0.15) is 10.2 Å². The molecule has 0 aliphatic rings. The average molecular weight is 354 g/mol. The van der Waals surface area contributed by atoms with Crippen LogP contribution in [-0.2, 0) is 6.54 Å². The Kier molecular flexibility index (Phi) is 5.07. The highest BCUT2D eigenvalue weighted by molar-refractivity contribution is 5.93. The minimum absolute atomic E-state index is 0.00579. The van der Waals surface area contributed by atoms with Crippen molar-refractivity contribution in [2.45, 2.75) is 19.9 Å². The molecule has 0 saturated heterocycles. The van der Waals surface area contributed by atoms with Crippen LogP contribution < -0.4 is 5.32 Å². The number of aryl methyl sites for hydroxylation is 2. The number of aromatic nitrogens is 4. The first-order valence-electron chi connectivity index (χ1n) is 8.10. The molecule has 134 valence electrons. The number of amides is 1. The molecule has 0 aliphatic carbocycles. The van der Waals surface area contributed by atoms with E-state index in [1.807, 2.05) is 17.8 Å². The van der Waals surface area contributed by atoms with Crippen molar-refractivity contribution in [2.75, 3.05) is 6.54 Å². The zero-order valence-corrected chi connectivity index (χ0v) is 14.2. The first-order valence-corrected chi connectivity index (χ1v) is 8.10. The molecule has 9 nitrogen and oxygen atoms in total. The second kappa shape index (κ2) is 7.60. The molecular formula is C17H18N6O3. The van der Waals surface area contributed by atoms with E-state index in [1.54, 1.807) is 24.5 Å². The molecule has 0 radical (unpaired) electrons. The fourth-order valence-corrected chi connectivity index (χ4v) is 2.44. The Bertz CT molecular complexity index is 913. The molecule has 1 aromatic carbocycles. The van der Waals surface area contributed by atoms with Crippen molar-refractivity contribution in [1.29, 1.82) is 0 Å². The summed E-state index contributed by atoms with van der Waals surface area (Å²) < 4.78 is 3.35. The lowest BCUT2D eigenvalue weighted by molar-refractivity contribution is -0.384. The Balaban J connectivity index is 1.53. The number of carbonyl (C=O) groups excluding carboxylic acids is 1. The number of nitro benzene ring substituents is 1. The number of benzene rings is 1. The molecule has 0 unspecified atom stereocenters. The maximum Gasteiger partial charge on any atom is 0.269 e. The number of nitrogens with zero attached hydrogens (tertiary/aromatic N) is 5. The Morgan fingerprint density at radius 3 is 2.62 bits per heavy atom. The zero-order valence-electron chi connectivity index (χ0n) is 14.2. The summed E-state index contributed by atoms with van der Waals surface area (Å²) >= 11 is 0. The predicted octanol–water partition coefficient (Wildman–Crippen LogP) is 2.11. The third kappa shape index (κ3) is 4.12. The van der Waals surface area contributed by atoms with Crippen molar-refractivity contribution in [3.05, 3.63) is 70.3 Å². The summed E-state index contributed by atoms with van der Waals surface area (Å²) in [6.07, 6.45) is 7.57. The molecule has 0 bridgehead atoms. The number of rotatable bonds is 7. The van der Waals surface area contributed by atoms with Crippen LogP contribution in [0.25, 0.3) is 5.69 Å². The van der Waals surface area contributed by atoms with Gasteiger partial charge in [0.25, 0.3) is 11.6 Å². The highest BCUT2D eigenvalue weighted by atomic mass is 16.6. The van der Waals surface area contributed by atoms with Crippen molar-refractivity contribution in [3.63, 3.8) is 0 Å². The van der Waals surface area contributed by atoms with Gasteiger partial charge in [-0.1, -0.05) is 0 Å². The third-order valence-corrected chi connectivity index (χ3v) is 3.78. The minimum Gasteiger partial charge on any atom is -0.352 e. The van der Waals surface area contributed by atoms with E-state index >= 15 is 0 Å². The largest absolute Gasteiger partial charge is 0.352 e. The Labute approximate surface area is 149 Å². The summed E-state index contributed by atoms with van der Waals surface area (Å²) in [5.41, 5.74) is 2.18. The normalized spacial score (nSPS) is 10.7. The van der Waals surface area contributed by atoms with Crippen LogP contribution in [0.3, 0.4) is 0 Å². The summed E-state index contributed by atoms with van der Waals surface area (Å²) in [6.45, 7) is 3.24. The van der Waals surface area contributed by atoms with Crippen LogP contribution in [0.1, 0.15) is 22.3 Å². The first kappa shape index (κ1) is 17.3. The molecule has 0 saturated carbocycles. The lowest BCUT2D eigenvalue weighted by Gasteiger charge is -2.04. The molecule has 0 spiro atoms. The van der Waals surface area contributed by atoms with E-state index in [9.17, 15) is 14.9 Å². The second-order valence-corrected chi connectivity index (χ2v) is 5.84. The summed E-state index contributed by atoms with van der Waals surface area (Å²) in [6, 6.07) is 5.96. The van der Waals surface area contributed by atoms with E-state index in [2.05, 4.69) is 15.5 Å². The van der Waals surface area contributed by atoms with Gasteiger partial charge in [0.05, 0.1) is 28.6 Å². The van der Waals surface area contributed by atoms with E-state index in [4.69, 9.17) is 0 Å². The Hall–Kier alpha value is -3.49. The number of hydrogen-bond acceptors (Lipinski definition) is 5. The van der Waals surface area contributed by atoms with Crippen molar-refractivity contribution in [3.8, 4) is 5.69 Å². The van der Waals surface area contributed by atoms with Gasteiger partial charge < -0.3 is 5.32 Å². The van der Waals surface area contributed by atoms with Gasteiger partial charge in [-0.25, -0.2) is 4.68 Å². The quantitative estimate of drug-likeness (QED) is 0.397. The minimum atomic E-state index is -0.462. The van der Waals surface area contributed by atoms with Crippen molar-refractivity contribution in [1.82, 2.24) is 24.9 Å². The van der Waals surface area contributed by atoms with Crippen LogP contribution in [0.4, 0.5) is 5.69 Å². The number of nitro groups is 1. The van der Waals surface area contributed by atoms with Gasteiger partial charge >= 0.3 is 0 Å². The molecular weight excluding hydrogens is 336 g/mol.